The monoisotopic (exact) mass is 219 g/mol. The fourth-order valence-electron chi connectivity index (χ4n) is 0.555. The third-order valence-corrected chi connectivity index (χ3v) is 2.49. The molecule has 0 unspecified atom stereocenters. The van der Waals surface area contributed by atoms with Gasteiger partial charge in [-0.1, -0.05) is 18.2 Å². The van der Waals surface area contributed by atoms with Crippen molar-refractivity contribution in [2.24, 2.45) is 0 Å². The molecule has 0 heterocycles. The van der Waals surface area contributed by atoms with Crippen molar-refractivity contribution in [3.8, 4) is 0 Å². The van der Waals surface area contributed by atoms with Crippen LogP contribution in [0.15, 0.2) is 35.2 Å². The van der Waals surface area contributed by atoms with Crippen LogP contribution in [0.2, 0.25) is 0 Å². The molecule has 0 aromatic heterocycles. The number of rotatable bonds is 1. The van der Waals surface area contributed by atoms with Crippen LogP contribution in [0.1, 0.15) is 0 Å². The molecule has 2 nitrogen and oxygen atoms in total. The zero-order chi connectivity index (χ0) is 7.40. The predicted octanol–water partition coefficient (Wildman–Crippen LogP) is 0.161. The van der Waals surface area contributed by atoms with Gasteiger partial charge in [0.2, 0.25) is 0 Å². The Bertz CT molecular complexity index is 326. The minimum Gasteiger partial charge on any atom is -0.128 e. The van der Waals surface area contributed by atoms with E-state index in [4.69, 9.17) is 0 Å². The first-order chi connectivity index (χ1) is 4.79. The molecule has 0 aliphatic heterocycles. The van der Waals surface area contributed by atoms with Gasteiger partial charge in [-0.05, 0) is 0 Å². The molecule has 1 rings (SSSR count). The summed E-state index contributed by atoms with van der Waals surface area (Å²) in [5.74, 6) is 0. The normalized spacial score (nSPS) is 7.33. The quantitative estimate of drug-likeness (QED) is 0.498. The van der Waals surface area contributed by atoms with Crippen molar-refractivity contribution in [1.82, 2.24) is 0 Å². The summed E-state index contributed by atoms with van der Waals surface area (Å²) in [6.07, 6.45) is 0. The van der Waals surface area contributed by atoms with Crippen LogP contribution in [0, 0.1) is 0 Å². The van der Waals surface area contributed by atoms with E-state index in [0.29, 0.717) is 0 Å². The summed E-state index contributed by atoms with van der Waals surface area (Å²) in [7, 11) is -1.23. The Morgan fingerprint density at radius 2 is 1.50 bits per heavy atom. The maximum Gasteiger partial charge on any atom is 0.478 e. The van der Waals surface area contributed by atoms with Crippen LogP contribution >= 0.6 is 0 Å². The fraction of sp³-hybridized carbons (Fsp3) is 0. The molecule has 54 valence electrons. The van der Waals surface area contributed by atoms with Crippen LogP contribution in [0.4, 0.5) is 0 Å². The summed E-state index contributed by atoms with van der Waals surface area (Å²) in [4.78, 5) is 0.746. The van der Waals surface area contributed by atoms with Gasteiger partial charge in [-0.3, -0.25) is 0 Å². The Kier molecular flexibility index (Phi) is 11.6. The van der Waals surface area contributed by atoms with Crippen LogP contribution in [0.25, 0.3) is 0 Å². The molecule has 0 atom stereocenters. The molecule has 2 radical (unpaired) electrons. The Morgan fingerprint density at radius 1 is 1.00 bits per heavy atom. The van der Waals surface area contributed by atoms with E-state index < -0.39 is 9.26 Å². The summed E-state index contributed by atoms with van der Waals surface area (Å²) < 4.78 is 20.3. The molecule has 12 heavy (non-hydrogen) atoms. The minimum atomic E-state index is -2.05. The number of hydrogen-bond donors (Lipinski definition) is 0. The summed E-state index contributed by atoms with van der Waals surface area (Å²) in [6, 6.07) is 8.95. The first kappa shape index (κ1) is 15.7. The smallest absolute Gasteiger partial charge is 0.128 e. The van der Waals surface area contributed by atoms with Crippen LogP contribution in [-0.2, 0) is 19.6 Å². The van der Waals surface area contributed by atoms with Crippen LogP contribution in [-0.4, -0.2) is 67.5 Å². The van der Waals surface area contributed by atoms with Crippen molar-refractivity contribution in [3.63, 3.8) is 0 Å². The van der Waals surface area contributed by atoms with Crippen LogP contribution < -0.4 is 0 Å². The summed E-state index contributed by atoms with van der Waals surface area (Å²) in [6.45, 7) is 0. The van der Waals surface area contributed by atoms with E-state index in [1.807, 2.05) is 6.07 Å². The van der Waals surface area contributed by atoms with Gasteiger partial charge in [0.05, 0.1) is 0 Å². The van der Waals surface area contributed by atoms with Crippen molar-refractivity contribution in [2.45, 2.75) is 4.90 Å². The van der Waals surface area contributed by atoms with E-state index in [1.54, 1.807) is 24.3 Å². The van der Waals surface area contributed by atoms with Crippen molar-refractivity contribution in [2.75, 3.05) is 0 Å². The van der Waals surface area contributed by atoms with Crippen molar-refractivity contribution in [1.29, 1.82) is 0 Å². The third kappa shape index (κ3) is 6.74. The number of hydrogen-bond acceptors (Lipinski definition) is 2. The molecule has 1 aromatic rings. The zero-order valence-electron chi connectivity index (χ0n) is 7.02. The molecule has 0 aliphatic rings. The van der Waals surface area contributed by atoms with E-state index in [9.17, 15) is 8.42 Å². The molecule has 0 bridgehead atoms. The second-order valence-electron chi connectivity index (χ2n) is 1.60. The maximum atomic E-state index is 10.1. The fourth-order valence-corrected chi connectivity index (χ4v) is 1.78. The standard InChI is InChI=1S/C6H5O2S2.2Na/c7-10(8)9-6-4-2-1-3-5-6;;/h1-5H;;/q+1;;. The molecule has 6 heteroatoms. The molecule has 0 amide bonds. The average molecular weight is 219 g/mol. The van der Waals surface area contributed by atoms with E-state index >= 15 is 0 Å². The Balaban J connectivity index is 0. The Morgan fingerprint density at radius 3 is 1.92 bits per heavy atom. The molecule has 0 spiro atoms. The molecular formula is C6H5Na2O2S2+. The zero-order valence-corrected chi connectivity index (χ0v) is 12.7. The minimum absolute atomic E-state index is 0. The maximum absolute atomic E-state index is 10.1. The topological polar surface area (TPSA) is 34.1 Å². The first-order valence-corrected chi connectivity index (χ1v) is 5.02. The molecule has 0 N–H and O–H groups in total. The van der Waals surface area contributed by atoms with Crippen LogP contribution in [0.3, 0.4) is 0 Å². The van der Waals surface area contributed by atoms with Gasteiger partial charge in [-0.25, -0.2) is 0 Å². The van der Waals surface area contributed by atoms with Gasteiger partial charge in [0.25, 0.3) is 4.90 Å². The number of benzene rings is 1. The van der Waals surface area contributed by atoms with Gasteiger partial charge in [0.1, 0.15) is 0 Å². The second-order valence-corrected chi connectivity index (χ2v) is 3.96. The van der Waals surface area contributed by atoms with Crippen LogP contribution in [0.5, 0.6) is 0 Å². The molecule has 0 aliphatic carbocycles. The van der Waals surface area contributed by atoms with Gasteiger partial charge in [-0.2, -0.15) is 0 Å². The van der Waals surface area contributed by atoms with Gasteiger partial charge in [-0.15, -0.1) is 8.42 Å². The van der Waals surface area contributed by atoms with Gasteiger partial charge in [0.15, 0.2) is 0 Å². The van der Waals surface area contributed by atoms with Crippen molar-refractivity contribution in [3.05, 3.63) is 30.3 Å². The summed E-state index contributed by atoms with van der Waals surface area (Å²) in [5, 5.41) is 0. The molecular weight excluding hydrogens is 214 g/mol. The Labute approximate surface area is 120 Å². The molecule has 0 saturated heterocycles. The Hall–Kier alpha value is 1.26. The largest absolute Gasteiger partial charge is 0.478 e. The summed E-state index contributed by atoms with van der Waals surface area (Å²) >= 11 is 0. The van der Waals surface area contributed by atoms with E-state index in [0.717, 1.165) is 15.2 Å². The molecule has 1 aromatic carbocycles. The predicted molar refractivity (Wildman–Crippen MR) is 52.5 cm³/mol. The second kappa shape index (κ2) is 8.84. The van der Waals surface area contributed by atoms with E-state index in [1.165, 1.54) is 0 Å². The van der Waals surface area contributed by atoms with Gasteiger partial charge < -0.3 is 0 Å². The third-order valence-electron chi connectivity index (χ3n) is 0.907. The van der Waals surface area contributed by atoms with Gasteiger partial charge >= 0.3 is 19.6 Å². The van der Waals surface area contributed by atoms with Gasteiger partial charge in [0, 0.05) is 71.2 Å². The SMILES string of the molecule is O=S(=O)=[S+]c1ccccc1.[Na].[Na]. The van der Waals surface area contributed by atoms with Crippen molar-refractivity contribution < 1.29 is 8.42 Å². The van der Waals surface area contributed by atoms with E-state index in [2.05, 4.69) is 0 Å². The molecule has 0 fully saturated rings. The summed E-state index contributed by atoms with van der Waals surface area (Å²) in [5.41, 5.74) is 0. The first-order valence-electron chi connectivity index (χ1n) is 2.61. The average Bonchev–Trinajstić information content (AvgIpc) is 1.88. The molecule has 0 saturated carbocycles. The van der Waals surface area contributed by atoms with E-state index in [-0.39, 0.29) is 59.1 Å². The van der Waals surface area contributed by atoms with Crippen molar-refractivity contribution >= 4 is 78.7 Å².